The predicted octanol–water partition coefficient (Wildman–Crippen LogP) is 2.48. The van der Waals surface area contributed by atoms with Crippen molar-refractivity contribution >= 4 is 11.6 Å². The first kappa shape index (κ1) is 15.0. The number of hydrogen-bond acceptors (Lipinski definition) is 4. The van der Waals surface area contributed by atoms with Crippen molar-refractivity contribution in [2.24, 2.45) is 0 Å². The average Bonchev–Trinajstić information content (AvgIpc) is 2.87. The number of fused-ring (bicyclic) bond motifs is 1. The zero-order chi connectivity index (χ0) is 16.6. The van der Waals surface area contributed by atoms with Crippen molar-refractivity contribution in [2.45, 2.75) is 20.8 Å². The molecule has 0 unspecified atom stereocenters. The molecular weight excluding hydrogens is 294 g/mol. The van der Waals surface area contributed by atoms with Crippen LogP contribution in [0.15, 0.2) is 35.3 Å². The summed E-state index contributed by atoms with van der Waals surface area (Å²) in [5.74, 6) is -0.663. The van der Waals surface area contributed by atoms with Gasteiger partial charge in [0.2, 0.25) is 0 Å². The smallest absolute Gasteiger partial charge is 0.345 e. The number of nitrogens with zero attached hydrogens (tertiary/aromatic N) is 2. The Morgan fingerprint density at radius 1 is 1.26 bits per heavy atom. The van der Waals surface area contributed by atoms with Crippen LogP contribution in [0.3, 0.4) is 0 Å². The molecule has 0 aliphatic rings. The maximum Gasteiger partial charge on any atom is 0.345 e. The molecule has 0 aliphatic heterocycles. The quantitative estimate of drug-likeness (QED) is 0.754. The molecule has 0 spiro atoms. The third-order valence-corrected chi connectivity index (χ3v) is 3.73. The Morgan fingerprint density at radius 2 is 1.96 bits per heavy atom. The fourth-order valence-corrected chi connectivity index (χ4v) is 2.48. The molecule has 2 heterocycles. The van der Waals surface area contributed by atoms with Crippen molar-refractivity contribution in [3.05, 3.63) is 57.5 Å². The van der Waals surface area contributed by atoms with E-state index >= 15 is 0 Å². The fourth-order valence-electron chi connectivity index (χ4n) is 2.48. The minimum absolute atomic E-state index is 0.0824. The van der Waals surface area contributed by atoms with Crippen LogP contribution in [0.5, 0.6) is 0 Å². The van der Waals surface area contributed by atoms with E-state index in [4.69, 9.17) is 4.74 Å². The number of esters is 1. The number of ether oxygens (including phenoxy) is 1. The average molecular weight is 311 g/mol. The molecule has 2 aromatic heterocycles. The van der Waals surface area contributed by atoms with Gasteiger partial charge in [0.15, 0.2) is 5.65 Å². The molecule has 0 saturated heterocycles. The number of aromatic nitrogens is 3. The van der Waals surface area contributed by atoms with Gasteiger partial charge in [-0.05, 0) is 26.3 Å². The first-order valence-corrected chi connectivity index (χ1v) is 7.37. The maximum atomic E-state index is 12.5. The molecule has 0 atom stereocenters. The molecule has 0 aliphatic carbocycles. The second-order valence-electron chi connectivity index (χ2n) is 5.33. The number of aromatic amines is 1. The highest BCUT2D eigenvalue weighted by atomic mass is 16.5. The van der Waals surface area contributed by atoms with Gasteiger partial charge in [0.25, 0.3) is 5.56 Å². The summed E-state index contributed by atoms with van der Waals surface area (Å²) in [4.78, 5) is 28.5. The molecule has 0 radical (unpaired) electrons. The van der Waals surface area contributed by atoms with Crippen LogP contribution in [0.2, 0.25) is 0 Å². The number of rotatable bonds is 3. The van der Waals surface area contributed by atoms with Gasteiger partial charge in [-0.3, -0.25) is 9.89 Å². The van der Waals surface area contributed by atoms with E-state index in [1.165, 1.54) is 10.7 Å². The van der Waals surface area contributed by atoms with Gasteiger partial charge in [0, 0.05) is 11.8 Å². The summed E-state index contributed by atoms with van der Waals surface area (Å²) in [6.07, 6.45) is 1.27. The number of H-pyrrole nitrogens is 1. The van der Waals surface area contributed by atoms with Gasteiger partial charge in [-0.1, -0.05) is 29.8 Å². The van der Waals surface area contributed by atoms with Crippen molar-refractivity contribution in [1.82, 2.24) is 14.6 Å². The van der Waals surface area contributed by atoms with Gasteiger partial charge in [-0.2, -0.15) is 0 Å². The number of nitrogens with one attached hydrogen (secondary N) is 1. The van der Waals surface area contributed by atoms with Crippen LogP contribution >= 0.6 is 0 Å². The van der Waals surface area contributed by atoms with Crippen molar-refractivity contribution in [2.75, 3.05) is 6.61 Å². The summed E-state index contributed by atoms with van der Waals surface area (Å²) in [6.45, 7) is 5.80. The van der Waals surface area contributed by atoms with E-state index in [-0.39, 0.29) is 12.2 Å². The summed E-state index contributed by atoms with van der Waals surface area (Å²) in [5.41, 5.74) is 3.71. The van der Waals surface area contributed by atoms with E-state index in [1.807, 2.05) is 38.1 Å². The van der Waals surface area contributed by atoms with Crippen molar-refractivity contribution in [1.29, 1.82) is 0 Å². The number of benzene rings is 1. The van der Waals surface area contributed by atoms with Crippen LogP contribution in [0, 0.1) is 13.8 Å². The van der Waals surface area contributed by atoms with Gasteiger partial charge in [-0.25, -0.2) is 14.3 Å². The number of aryl methyl sites for hydroxylation is 2. The fraction of sp³-hybridized carbons (Fsp3) is 0.235. The lowest BCUT2D eigenvalue weighted by Crippen LogP contribution is -2.24. The molecule has 6 nitrogen and oxygen atoms in total. The second kappa shape index (κ2) is 5.72. The molecule has 1 aromatic carbocycles. The predicted molar refractivity (Wildman–Crippen MR) is 86.7 cm³/mol. The Bertz CT molecular complexity index is 936. The summed E-state index contributed by atoms with van der Waals surface area (Å²) in [5, 5.41) is 3.04. The second-order valence-corrected chi connectivity index (χ2v) is 5.33. The Labute approximate surface area is 132 Å². The van der Waals surface area contributed by atoms with Crippen molar-refractivity contribution in [3.63, 3.8) is 0 Å². The normalized spacial score (nSPS) is 10.9. The first-order chi connectivity index (χ1) is 11.0. The van der Waals surface area contributed by atoms with Gasteiger partial charge < -0.3 is 4.74 Å². The highest BCUT2D eigenvalue weighted by molar-refractivity contribution is 5.89. The molecular formula is C17H17N3O3. The van der Waals surface area contributed by atoms with Crippen molar-refractivity contribution in [3.8, 4) is 11.3 Å². The van der Waals surface area contributed by atoms with E-state index in [0.717, 1.165) is 22.4 Å². The molecule has 1 N–H and O–H groups in total. The first-order valence-electron chi connectivity index (χ1n) is 7.37. The lowest BCUT2D eigenvalue weighted by molar-refractivity contribution is 0.0523. The van der Waals surface area contributed by atoms with E-state index in [2.05, 4.69) is 10.1 Å². The summed E-state index contributed by atoms with van der Waals surface area (Å²) >= 11 is 0. The SMILES string of the molecule is CCOC(=O)c1cnc2c(C)c(-c3ccc(C)cc3)[nH]n2c1=O. The largest absolute Gasteiger partial charge is 0.462 e. The lowest BCUT2D eigenvalue weighted by atomic mass is 10.1. The summed E-state index contributed by atoms with van der Waals surface area (Å²) in [6, 6.07) is 7.95. The summed E-state index contributed by atoms with van der Waals surface area (Å²) in [7, 11) is 0. The van der Waals surface area contributed by atoms with E-state index in [9.17, 15) is 9.59 Å². The molecule has 6 heteroatoms. The molecule has 0 fully saturated rings. The minimum atomic E-state index is -0.663. The molecule has 3 aromatic rings. The van der Waals surface area contributed by atoms with E-state index in [1.54, 1.807) is 6.92 Å². The van der Waals surface area contributed by atoms with Gasteiger partial charge in [0.1, 0.15) is 5.56 Å². The summed E-state index contributed by atoms with van der Waals surface area (Å²) < 4.78 is 6.17. The zero-order valence-electron chi connectivity index (χ0n) is 13.2. The standard InChI is InChI=1S/C17H17N3O3/c1-4-23-17(22)13-9-18-15-11(3)14(19-20(15)16(13)21)12-7-5-10(2)6-8-12/h5-9,19H,4H2,1-3H3. The Morgan fingerprint density at radius 3 is 2.61 bits per heavy atom. The Balaban J connectivity index is 2.18. The van der Waals surface area contributed by atoms with Gasteiger partial charge in [0.05, 0.1) is 12.3 Å². The van der Waals surface area contributed by atoms with Crippen molar-refractivity contribution < 1.29 is 9.53 Å². The number of hydrogen-bond donors (Lipinski definition) is 1. The Kier molecular flexibility index (Phi) is 3.73. The maximum absolute atomic E-state index is 12.5. The molecule has 0 saturated carbocycles. The molecule has 23 heavy (non-hydrogen) atoms. The van der Waals surface area contributed by atoms with Crippen LogP contribution in [0.1, 0.15) is 28.4 Å². The number of carbonyl (C=O) groups is 1. The van der Waals surface area contributed by atoms with Crippen LogP contribution in [-0.4, -0.2) is 27.2 Å². The van der Waals surface area contributed by atoms with Crippen LogP contribution in [-0.2, 0) is 4.74 Å². The van der Waals surface area contributed by atoms with Crippen LogP contribution < -0.4 is 5.56 Å². The highest BCUT2D eigenvalue weighted by Crippen LogP contribution is 2.24. The molecule has 0 bridgehead atoms. The zero-order valence-corrected chi connectivity index (χ0v) is 13.2. The number of carbonyl (C=O) groups excluding carboxylic acids is 1. The third-order valence-electron chi connectivity index (χ3n) is 3.73. The van der Waals surface area contributed by atoms with Gasteiger partial charge in [-0.15, -0.1) is 0 Å². The molecule has 118 valence electrons. The monoisotopic (exact) mass is 311 g/mol. The Hall–Kier alpha value is -2.89. The minimum Gasteiger partial charge on any atom is -0.462 e. The molecule has 0 amide bonds. The van der Waals surface area contributed by atoms with E-state index in [0.29, 0.717) is 5.65 Å². The van der Waals surface area contributed by atoms with Crippen LogP contribution in [0.25, 0.3) is 16.9 Å². The topological polar surface area (TPSA) is 76.5 Å². The highest BCUT2D eigenvalue weighted by Gasteiger charge is 2.18. The third kappa shape index (κ3) is 2.52. The molecule has 3 rings (SSSR count). The van der Waals surface area contributed by atoms with Gasteiger partial charge >= 0.3 is 5.97 Å². The lowest BCUT2D eigenvalue weighted by Gasteiger charge is -2.01. The van der Waals surface area contributed by atoms with E-state index < -0.39 is 11.5 Å². The van der Waals surface area contributed by atoms with Crippen LogP contribution in [0.4, 0.5) is 0 Å².